The highest BCUT2D eigenvalue weighted by Gasteiger charge is 2.37. The van der Waals surface area contributed by atoms with Gasteiger partial charge in [-0.05, 0) is 57.8 Å². The number of amides is 1. The van der Waals surface area contributed by atoms with Crippen LogP contribution in [-0.2, 0) is 20.3 Å². The molecule has 0 aliphatic carbocycles. The molecule has 1 amide bonds. The zero-order valence-corrected chi connectivity index (χ0v) is 26.5. The first-order chi connectivity index (χ1) is 16.9. The smallest absolute Gasteiger partial charge is 0.408 e. The van der Waals surface area contributed by atoms with E-state index < -0.39 is 20.0 Å². The van der Waals surface area contributed by atoms with Gasteiger partial charge in [-0.25, -0.2) is 4.79 Å². The van der Waals surface area contributed by atoms with Crippen LogP contribution < -0.4 is 5.32 Å². The van der Waals surface area contributed by atoms with E-state index in [0.29, 0.717) is 6.61 Å². The molecule has 5 nitrogen and oxygen atoms in total. The van der Waals surface area contributed by atoms with Crippen molar-refractivity contribution < 1.29 is 18.7 Å². The zero-order valence-electron chi connectivity index (χ0n) is 25.5. The van der Waals surface area contributed by atoms with Crippen LogP contribution in [0.25, 0.3) is 0 Å². The maximum Gasteiger partial charge on any atom is 0.408 e. The monoisotopic (exact) mass is 531 g/mol. The molecule has 1 aromatic carbocycles. The first-order valence-electron chi connectivity index (χ1n) is 13.5. The van der Waals surface area contributed by atoms with Gasteiger partial charge in [-0.1, -0.05) is 88.8 Å². The average Bonchev–Trinajstić information content (AvgIpc) is 2.77. The minimum atomic E-state index is -1.90. The first-order valence-corrected chi connectivity index (χ1v) is 16.4. The summed E-state index contributed by atoms with van der Waals surface area (Å²) in [7, 11) is -0.129. The third kappa shape index (κ3) is 12.5. The minimum Gasteiger partial charge on any atom is -0.444 e. The highest BCUT2D eigenvalue weighted by molar-refractivity contribution is 6.74. The van der Waals surface area contributed by atoms with E-state index in [-0.39, 0.29) is 29.0 Å². The Morgan fingerprint density at radius 2 is 1.65 bits per heavy atom. The van der Waals surface area contributed by atoms with Gasteiger partial charge >= 0.3 is 6.09 Å². The summed E-state index contributed by atoms with van der Waals surface area (Å²) in [5.74, 6) is 0.305. The number of hydrogen-bond donors (Lipinski definition) is 1. The second-order valence-electron chi connectivity index (χ2n) is 12.8. The number of rotatable bonds is 12. The third-order valence-corrected chi connectivity index (χ3v) is 11.6. The van der Waals surface area contributed by atoms with Gasteiger partial charge in [0.15, 0.2) is 8.32 Å². The predicted molar refractivity (Wildman–Crippen MR) is 158 cm³/mol. The van der Waals surface area contributed by atoms with Crippen molar-refractivity contribution in [2.24, 2.45) is 11.8 Å². The molecule has 4 atom stereocenters. The van der Waals surface area contributed by atoms with E-state index in [1.165, 1.54) is 5.56 Å². The number of nitrogens with one attached hydrogen (secondary N) is 1. The van der Waals surface area contributed by atoms with E-state index in [2.05, 4.69) is 102 Å². The molecule has 0 saturated carbocycles. The fourth-order valence-electron chi connectivity index (χ4n) is 3.65. The van der Waals surface area contributed by atoms with Gasteiger partial charge in [-0.2, -0.15) is 0 Å². The summed E-state index contributed by atoms with van der Waals surface area (Å²) in [6.07, 6.45) is 6.89. The molecule has 0 aromatic heterocycles. The van der Waals surface area contributed by atoms with Gasteiger partial charge in [0.05, 0.1) is 12.1 Å². The summed E-state index contributed by atoms with van der Waals surface area (Å²) in [5, 5.41) is 3.19. The van der Waals surface area contributed by atoms with Crippen molar-refractivity contribution in [2.75, 3.05) is 13.7 Å². The minimum absolute atomic E-state index is 0.0768. The van der Waals surface area contributed by atoms with Crippen LogP contribution in [0.2, 0.25) is 18.1 Å². The van der Waals surface area contributed by atoms with Crippen LogP contribution in [0.15, 0.2) is 54.1 Å². The quantitative estimate of drug-likeness (QED) is 0.220. The predicted octanol–water partition coefficient (Wildman–Crippen LogP) is 7.93. The van der Waals surface area contributed by atoms with Crippen LogP contribution in [0.1, 0.15) is 67.9 Å². The number of allylic oxidation sites excluding steroid dienone is 2. The lowest BCUT2D eigenvalue weighted by Gasteiger charge is -2.37. The summed E-state index contributed by atoms with van der Waals surface area (Å²) < 4.78 is 17.8. The number of carbonyl (C=O) groups excluding carboxylic acids is 1. The van der Waals surface area contributed by atoms with Crippen LogP contribution in [0.4, 0.5) is 4.79 Å². The summed E-state index contributed by atoms with van der Waals surface area (Å²) in [4.78, 5) is 12.6. The number of ether oxygens (including phenoxy) is 2. The number of hydrogen-bond acceptors (Lipinski definition) is 4. The van der Waals surface area contributed by atoms with Gasteiger partial charge in [-0.15, -0.1) is 0 Å². The lowest BCUT2D eigenvalue weighted by molar-refractivity contribution is 0.0494. The van der Waals surface area contributed by atoms with Crippen molar-refractivity contribution in [1.82, 2.24) is 5.32 Å². The molecule has 0 fully saturated rings. The molecule has 0 unspecified atom stereocenters. The molecule has 6 heteroatoms. The second kappa shape index (κ2) is 14.3. The van der Waals surface area contributed by atoms with E-state index in [1.54, 1.807) is 7.11 Å². The first kappa shape index (κ1) is 33.1. The van der Waals surface area contributed by atoms with Gasteiger partial charge < -0.3 is 19.2 Å². The zero-order chi connectivity index (χ0) is 28.4. The Balaban J connectivity index is 3.00. The number of alkyl carbamates (subject to hydrolysis) is 1. The van der Waals surface area contributed by atoms with Gasteiger partial charge in [0.25, 0.3) is 0 Å². The second-order valence-corrected chi connectivity index (χ2v) is 17.6. The standard InChI is InChI=1S/C31H53NO4Si/c1-23(20-24(2)28(34-10)21-26-16-14-13-15-17-26)18-19-27(32-29(33)36-30(4,5)6)25(3)22-35-37(11,12)31(7,8)9/h13-20,24-25,27-28H,21-22H2,1-12H3,(H,32,33)/b19-18+,23-20+/t24-,25+,27-,28-/m0/s1. The Morgan fingerprint density at radius 1 is 1.05 bits per heavy atom. The molecular formula is C31H53NO4Si. The number of carbonyl (C=O) groups is 1. The Hall–Kier alpha value is -1.89. The maximum absolute atomic E-state index is 12.6. The molecule has 1 rings (SSSR count). The van der Waals surface area contributed by atoms with E-state index >= 15 is 0 Å². The summed E-state index contributed by atoms with van der Waals surface area (Å²) in [6.45, 7) is 23.8. The van der Waals surface area contributed by atoms with Crippen molar-refractivity contribution in [3.8, 4) is 0 Å². The highest BCUT2D eigenvalue weighted by atomic mass is 28.4. The van der Waals surface area contributed by atoms with Crippen molar-refractivity contribution in [2.45, 2.75) is 105 Å². The largest absolute Gasteiger partial charge is 0.444 e. The summed E-state index contributed by atoms with van der Waals surface area (Å²) in [6, 6.07) is 10.2. The van der Waals surface area contributed by atoms with Crippen LogP contribution in [-0.4, -0.2) is 45.9 Å². The van der Waals surface area contributed by atoms with Crippen LogP contribution >= 0.6 is 0 Å². The summed E-state index contributed by atoms with van der Waals surface area (Å²) in [5.41, 5.74) is 1.83. The lowest BCUT2D eigenvalue weighted by Crippen LogP contribution is -2.46. The molecule has 0 saturated heterocycles. The topological polar surface area (TPSA) is 56.8 Å². The molecule has 0 aliphatic rings. The SMILES string of the molecule is CO[C@@H](Cc1ccccc1)[C@@H](C)/C=C(C)/C=C/[C@H](NC(=O)OC(C)(C)C)[C@H](C)CO[Si](C)(C)C(C)(C)C. The fraction of sp³-hybridized carbons (Fsp3) is 0.645. The Bertz CT molecular complexity index is 881. The van der Waals surface area contributed by atoms with Gasteiger partial charge in [-0.3, -0.25) is 0 Å². The third-order valence-electron chi connectivity index (χ3n) is 7.07. The molecule has 0 aliphatic heterocycles. The van der Waals surface area contributed by atoms with Crippen LogP contribution in [0, 0.1) is 11.8 Å². The molecule has 0 spiro atoms. The van der Waals surface area contributed by atoms with E-state index in [9.17, 15) is 4.79 Å². The van der Waals surface area contributed by atoms with Crippen molar-refractivity contribution in [1.29, 1.82) is 0 Å². The van der Waals surface area contributed by atoms with Gasteiger partial charge in [0, 0.05) is 25.6 Å². The highest BCUT2D eigenvalue weighted by Crippen LogP contribution is 2.37. The van der Waals surface area contributed by atoms with Crippen LogP contribution in [0.5, 0.6) is 0 Å². The molecule has 1 N–H and O–H groups in total. The molecule has 1 aromatic rings. The van der Waals surface area contributed by atoms with E-state index in [1.807, 2.05) is 26.8 Å². The fourth-order valence-corrected chi connectivity index (χ4v) is 4.76. The lowest BCUT2D eigenvalue weighted by atomic mass is 9.95. The van der Waals surface area contributed by atoms with Gasteiger partial charge in [0.1, 0.15) is 5.60 Å². The molecule has 0 heterocycles. The Morgan fingerprint density at radius 3 is 2.16 bits per heavy atom. The number of benzene rings is 1. The van der Waals surface area contributed by atoms with Crippen molar-refractivity contribution in [3.05, 3.63) is 59.7 Å². The summed E-state index contributed by atoms with van der Waals surface area (Å²) >= 11 is 0. The average molecular weight is 532 g/mol. The normalized spacial score (nSPS) is 16.8. The van der Waals surface area contributed by atoms with E-state index in [4.69, 9.17) is 13.9 Å². The molecular weight excluding hydrogens is 478 g/mol. The van der Waals surface area contributed by atoms with Crippen molar-refractivity contribution in [3.63, 3.8) is 0 Å². The molecule has 0 bridgehead atoms. The molecule has 210 valence electrons. The number of methoxy groups -OCH3 is 1. The van der Waals surface area contributed by atoms with Gasteiger partial charge in [0.2, 0.25) is 0 Å². The molecule has 37 heavy (non-hydrogen) atoms. The van der Waals surface area contributed by atoms with E-state index in [0.717, 1.165) is 12.0 Å². The van der Waals surface area contributed by atoms with Crippen molar-refractivity contribution >= 4 is 14.4 Å². The molecule has 0 radical (unpaired) electrons. The van der Waals surface area contributed by atoms with Crippen LogP contribution in [0.3, 0.4) is 0 Å². The maximum atomic E-state index is 12.6. The Labute approximate surface area is 228 Å². The Kier molecular flexibility index (Phi) is 12.8.